The van der Waals surface area contributed by atoms with Crippen molar-refractivity contribution in [3.8, 4) is 0 Å². The van der Waals surface area contributed by atoms with E-state index < -0.39 is 0 Å². The first-order chi connectivity index (χ1) is 8.52. The average Bonchev–Trinajstić information content (AvgIpc) is 2.77. The van der Waals surface area contributed by atoms with Crippen molar-refractivity contribution < 1.29 is 4.79 Å². The van der Waals surface area contributed by atoms with Gasteiger partial charge in [0.05, 0.1) is 12.2 Å². The Hall–Kier alpha value is -1.36. The molecule has 0 saturated heterocycles. The molecule has 0 aliphatic carbocycles. The molecular formula is C13H24N4O. The van der Waals surface area contributed by atoms with Crippen LogP contribution in [-0.4, -0.2) is 28.0 Å². The molecule has 0 radical (unpaired) electrons. The third-order valence-corrected chi connectivity index (χ3v) is 2.84. The summed E-state index contributed by atoms with van der Waals surface area (Å²) in [5, 5.41) is 3.01. The molecule has 1 heterocycles. The average molecular weight is 252 g/mol. The van der Waals surface area contributed by atoms with Gasteiger partial charge < -0.3 is 15.6 Å². The van der Waals surface area contributed by atoms with Gasteiger partial charge in [-0.05, 0) is 19.3 Å². The second-order valence-electron chi connectivity index (χ2n) is 5.23. The Morgan fingerprint density at radius 1 is 1.44 bits per heavy atom. The Kier molecular flexibility index (Phi) is 5.85. The Balaban J connectivity index is 2.42. The molecule has 102 valence electrons. The van der Waals surface area contributed by atoms with Crippen molar-refractivity contribution in [3.05, 3.63) is 18.7 Å². The van der Waals surface area contributed by atoms with E-state index in [0.29, 0.717) is 12.5 Å². The van der Waals surface area contributed by atoms with Crippen molar-refractivity contribution in [3.63, 3.8) is 0 Å². The van der Waals surface area contributed by atoms with Gasteiger partial charge in [-0.25, -0.2) is 4.98 Å². The molecule has 1 amide bonds. The van der Waals surface area contributed by atoms with E-state index in [1.165, 1.54) is 0 Å². The monoisotopic (exact) mass is 252 g/mol. The lowest BCUT2D eigenvalue weighted by molar-refractivity contribution is -0.125. The molecule has 0 fully saturated rings. The number of hydrogen-bond donors (Lipinski definition) is 2. The topological polar surface area (TPSA) is 72.9 Å². The number of nitrogens with one attached hydrogen (secondary N) is 1. The molecule has 5 nitrogen and oxygen atoms in total. The van der Waals surface area contributed by atoms with Crippen LogP contribution in [0.5, 0.6) is 0 Å². The minimum Gasteiger partial charge on any atom is -0.352 e. The van der Waals surface area contributed by atoms with E-state index in [1.54, 1.807) is 12.5 Å². The van der Waals surface area contributed by atoms with Crippen LogP contribution in [0.2, 0.25) is 0 Å². The fraction of sp³-hybridized carbons (Fsp3) is 0.692. The Morgan fingerprint density at radius 2 is 2.17 bits per heavy atom. The molecule has 2 atom stereocenters. The molecule has 1 aromatic heterocycles. The Labute approximate surface area is 109 Å². The van der Waals surface area contributed by atoms with Crippen molar-refractivity contribution in [2.45, 2.75) is 39.8 Å². The largest absolute Gasteiger partial charge is 0.352 e. The lowest BCUT2D eigenvalue weighted by Crippen LogP contribution is -2.42. The number of amides is 1. The Bertz CT molecular complexity index is 348. The fourth-order valence-electron chi connectivity index (χ4n) is 2.00. The number of carbonyl (C=O) groups excluding carboxylic acids is 1. The maximum absolute atomic E-state index is 12.0. The first-order valence-electron chi connectivity index (χ1n) is 6.49. The molecule has 1 aromatic rings. The second-order valence-corrected chi connectivity index (χ2v) is 5.23. The minimum atomic E-state index is -0.0877. The predicted octanol–water partition coefficient (Wildman–Crippen LogP) is 1.01. The van der Waals surface area contributed by atoms with Gasteiger partial charge in [-0.15, -0.1) is 0 Å². The summed E-state index contributed by atoms with van der Waals surface area (Å²) in [7, 11) is 0. The summed E-state index contributed by atoms with van der Waals surface area (Å²) in [6.45, 7) is 7.32. The van der Waals surface area contributed by atoms with Crippen LogP contribution in [0.25, 0.3) is 0 Å². The highest BCUT2D eigenvalue weighted by atomic mass is 16.1. The second kappa shape index (κ2) is 7.16. The van der Waals surface area contributed by atoms with Crippen LogP contribution in [0.3, 0.4) is 0 Å². The van der Waals surface area contributed by atoms with Crippen molar-refractivity contribution in [2.75, 3.05) is 6.54 Å². The molecule has 1 rings (SSSR count). The molecule has 0 aliphatic rings. The number of aromatic nitrogens is 2. The molecule has 0 aromatic carbocycles. The summed E-state index contributed by atoms with van der Waals surface area (Å²) >= 11 is 0. The lowest BCUT2D eigenvalue weighted by Gasteiger charge is -2.20. The van der Waals surface area contributed by atoms with Gasteiger partial charge in [-0.3, -0.25) is 4.79 Å². The maximum atomic E-state index is 12.0. The van der Waals surface area contributed by atoms with E-state index in [0.717, 1.165) is 13.0 Å². The molecule has 0 bridgehead atoms. The molecular weight excluding hydrogens is 228 g/mol. The van der Waals surface area contributed by atoms with E-state index in [4.69, 9.17) is 5.73 Å². The van der Waals surface area contributed by atoms with E-state index in [2.05, 4.69) is 24.1 Å². The van der Waals surface area contributed by atoms with Crippen LogP contribution >= 0.6 is 0 Å². The van der Waals surface area contributed by atoms with Crippen LogP contribution in [0.15, 0.2) is 18.7 Å². The highest BCUT2D eigenvalue weighted by Gasteiger charge is 2.19. The van der Waals surface area contributed by atoms with Gasteiger partial charge in [-0.2, -0.15) is 0 Å². The number of rotatable bonds is 7. The third-order valence-electron chi connectivity index (χ3n) is 2.84. The van der Waals surface area contributed by atoms with Crippen LogP contribution in [0.4, 0.5) is 0 Å². The SMILES string of the molecule is CC(C)CC(CN)C(=O)NC(C)Cn1ccnc1. The summed E-state index contributed by atoms with van der Waals surface area (Å²) in [6.07, 6.45) is 6.20. The van der Waals surface area contributed by atoms with E-state index in [9.17, 15) is 4.79 Å². The normalized spacial score (nSPS) is 14.5. The molecule has 0 spiro atoms. The van der Waals surface area contributed by atoms with Crippen molar-refractivity contribution >= 4 is 5.91 Å². The predicted molar refractivity (Wildman–Crippen MR) is 71.8 cm³/mol. The molecule has 2 unspecified atom stereocenters. The van der Waals surface area contributed by atoms with Gasteiger partial charge in [0.2, 0.25) is 5.91 Å². The van der Waals surface area contributed by atoms with E-state index in [1.807, 2.05) is 17.7 Å². The highest BCUT2D eigenvalue weighted by Crippen LogP contribution is 2.10. The van der Waals surface area contributed by atoms with Gasteiger partial charge in [0.25, 0.3) is 0 Å². The number of carbonyl (C=O) groups is 1. The zero-order chi connectivity index (χ0) is 13.5. The molecule has 18 heavy (non-hydrogen) atoms. The van der Waals surface area contributed by atoms with Crippen molar-refractivity contribution in [2.24, 2.45) is 17.6 Å². The number of nitrogens with zero attached hydrogens (tertiary/aromatic N) is 2. The van der Waals surface area contributed by atoms with Gasteiger partial charge in [-0.1, -0.05) is 13.8 Å². The van der Waals surface area contributed by atoms with Gasteiger partial charge in [0.1, 0.15) is 0 Å². The molecule has 5 heteroatoms. The standard InChI is InChI=1S/C13H24N4O/c1-10(2)6-12(7-14)13(18)16-11(3)8-17-5-4-15-9-17/h4-5,9-12H,6-8,14H2,1-3H3,(H,16,18). The number of hydrogen-bond acceptors (Lipinski definition) is 3. The van der Waals surface area contributed by atoms with E-state index >= 15 is 0 Å². The van der Waals surface area contributed by atoms with Gasteiger partial charge >= 0.3 is 0 Å². The summed E-state index contributed by atoms with van der Waals surface area (Å²) in [5.41, 5.74) is 5.66. The van der Waals surface area contributed by atoms with Gasteiger partial charge in [0.15, 0.2) is 0 Å². The summed E-state index contributed by atoms with van der Waals surface area (Å²) in [5.74, 6) is 0.447. The third kappa shape index (κ3) is 4.87. The van der Waals surface area contributed by atoms with Crippen LogP contribution in [0, 0.1) is 11.8 Å². The van der Waals surface area contributed by atoms with Crippen LogP contribution in [-0.2, 0) is 11.3 Å². The van der Waals surface area contributed by atoms with Gasteiger partial charge in [0, 0.05) is 31.5 Å². The minimum absolute atomic E-state index is 0.0545. The molecule has 3 N–H and O–H groups in total. The smallest absolute Gasteiger partial charge is 0.224 e. The number of imidazole rings is 1. The van der Waals surface area contributed by atoms with Crippen molar-refractivity contribution in [1.29, 1.82) is 0 Å². The Morgan fingerprint density at radius 3 is 2.67 bits per heavy atom. The number of nitrogens with two attached hydrogens (primary N) is 1. The zero-order valence-corrected chi connectivity index (χ0v) is 11.5. The quantitative estimate of drug-likeness (QED) is 0.760. The first kappa shape index (κ1) is 14.7. The summed E-state index contributed by atoms with van der Waals surface area (Å²) in [6, 6.07) is 0.0768. The van der Waals surface area contributed by atoms with Crippen LogP contribution in [0.1, 0.15) is 27.2 Å². The fourth-order valence-corrected chi connectivity index (χ4v) is 2.00. The van der Waals surface area contributed by atoms with Crippen molar-refractivity contribution in [1.82, 2.24) is 14.9 Å². The summed E-state index contributed by atoms with van der Waals surface area (Å²) < 4.78 is 1.95. The lowest BCUT2D eigenvalue weighted by atomic mass is 9.96. The molecule has 0 aliphatic heterocycles. The van der Waals surface area contributed by atoms with E-state index in [-0.39, 0.29) is 17.9 Å². The summed E-state index contributed by atoms with van der Waals surface area (Å²) in [4.78, 5) is 16.0. The van der Waals surface area contributed by atoms with Crippen LogP contribution < -0.4 is 11.1 Å². The first-order valence-corrected chi connectivity index (χ1v) is 6.49. The zero-order valence-electron chi connectivity index (χ0n) is 11.5. The maximum Gasteiger partial charge on any atom is 0.224 e. The molecule has 0 saturated carbocycles. The highest BCUT2D eigenvalue weighted by molar-refractivity contribution is 5.79.